The van der Waals surface area contributed by atoms with Gasteiger partial charge in [0.1, 0.15) is 0 Å². The Bertz CT molecular complexity index is 201. The van der Waals surface area contributed by atoms with Crippen molar-refractivity contribution >= 4 is 0 Å². The van der Waals surface area contributed by atoms with E-state index in [-0.39, 0.29) is 0 Å². The number of hydrogen-bond donors (Lipinski definition) is 0. The highest BCUT2D eigenvalue weighted by Gasteiger charge is 2.42. The number of fused-ring (bicyclic) bond motifs is 2. The van der Waals surface area contributed by atoms with E-state index in [1.165, 1.54) is 25.7 Å². The standard InChI is InChI=1S/C13H25NO/c1-9(2)14-11-5-6-12(14)8-13(7-11)15-10(3)4/h9-13H,5-8H2,1-4H3/t11-,12+,13-. The van der Waals surface area contributed by atoms with E-state index in [2.05, 4.69) is 32.6 Å². The molecule has 0 aliphatic carbocycles. The Morgan fingerprint density at radius 1 is 1.00 bits per heavy atom. The van der Waals surface area contributed by atoms with Crippen molar-refractivity contribution in [1.29, 1.82) is 0 Å². The molecule has 2 heteroatoms. The van der Waals surface area contributed by atoms with Crippen molar-refractivity contribution in [3.05, 3.63) is 0 Å². The molecule has 2 fully saturated rings. The number of rotatable bonds is 3. The van der Waals surface area contributed by atoms with Crippen LogP contribution in [-0.4, -0.2) is 35.2 Å². The molecule has 2 aliphatic rings. The van der Waals surface area contributed by atoms with Crippen LogP contribution in [0.3, 0.4) is 0 Å². The lowest BCUT2D eigenvalue weighted by Gasteiger charge is -2.41. The molecule has 0 aromatic carbocycles. The lowest BCUT2D eigenvalue weighted by atomic mass is 9.98. The topological polar surface area (TPSA) is 12.5 Å². The fourth-order valence-corrected chi connectivity index (χ4v) is 3.50. The fourth-order valence-electron chi connectivity index (χ4n) is 3.50. The van der Waals surface area contributed by atoms with Gasteiger partial charge in [0.25, 0.3) is 0 Å². The van der Waals surface area contributed by atoms with Gasteiger partial charge in [-0.3, -0.25) is 4.90 Å². The van der Waals surface area contributed by atoms with Crippen LogP contribution in [0.1, 0.15) is 53.4 Å². The van der Waals surface area contributed by atoms with Crippen molar-refractivity contribution in [1.82, 2.24) is 4.90 Å². The zero-order chi connectivity index (χ0) is 11.0. The smallest absolute Gasteiger partial charge is 0.0608 e. The summed E-state index contributed by atoms with van der Waals surface area (Å²) in [5, 5.41) is 0. The van der Waals surface area contributed by atoms with Crippen molar-refractivity contribution in [3.63, 3.8) is 0 Å². The molecule has 0 aromatic rings. The first kappa shape index (κ1) is 11.4. The monoisotopic (exact) mass is 211 g/mol. The number of ether oxygens (including phenoxy) is 1. The molecule has 3 atom stereocenters. The summed E-state index contributed by atoms with van der Waals surface area (Å²) in [6.45, 7) is 8.96. The normalized spacial score (nSPS) is 36.8. The molecule has 0 unspecified atom stereocenters. The van der Waals surface area contributed by atoms with E-state index in [1.807, 2.05) is 0 Å². The first-order valence-corrected chi connectivity index (χ1v) is 6.50. The summed E-state index contributed by atoms with van der Waals surface area (Å²) in [6.07, 6.45) is 6.21. The van der Waals surface area contributed by atoms with Crippen molar-refractivity contribution < 1.29 is 4.74 Å². The number of nitrogens with zero attached hydrogens (tertiary/aromatic N) is 1. The van der Waals surface area contributed by atoms with Gasteiger partial charge >= 0.3 is 0 Å². The predicted molar refractivity (Wildman–Crippen MR) is 63.0 cm³/mol. The maximum Gasteiger partial charge on any atom is 0.0608 e. The Morgan fingerprint density at radius 3 is 1.93 bits per heavy atom. The van der Waals surface area contributed by atoms with Crippen molar-refractivity contribution in [3.8, 4) is 0 Å². The predicted octanol–water partition coefficient (Wildman–Crippen LogP) is 2.82. The van der Waals surface area contributed by atoms with Crippen LogP contribution in [0, 0.1) is 0 Å². The van der Waals surface area contributed by atoms with Crippen LogP contribution in [0.2, 0.25) is 0 Å². The molecule has 2 bridgehead atoms. The third-order valence-corrected chi connectivity index (χ3v) is 3.81. The molecule has 2 rings (SSSR count). The molecule has 2 heterocycles. The third-order valence-electron chi connectivity index (χ3n) is 3.81. The lowest BCUT2D eigenvalue weighted by molar-refractivity contribution is -0.0544. The minimum Gasteiger partial charge on any atom is -0.375 e. The number of hydrogen-bond acceptors (Lipinski definition) is 2. The average molecular weight is 211 g/mol. The molecule has 0 amide bonds. The fraction of sp³-hybridized carbons (Fsp3) is 1.00. The third kappa shape index (κ3) is 2.36. The maximum absolute atomic E-state index is 5.97. The van der Waals surface area contributed by atoms with Gasteiger partial charge in [-0.05, 0) is 53.4 Å². The van der Waals surface area contributed by atoms with Gasteiger partial charge in [-0.15, -0.1) is 0 Å². The molecule has 0 N–H and O–H groups in total. The highest BCUT2D eigenvalue weighted by Crippen LogP contribution is 2.38. The Labute approximate surface area is 94.0 Å². The van der Waals surface area contributed by atoms with Gasteiger partial charge < -0.3 is 4.74 Å². The van der Waals surface area contributed by atoms with E-state index < -0.39 is 0 Å². The Balaban J connectivity index is 1.96. The van der Waals surface area contributed by atoms with Crippen molar-refractivity contribution in [2.24, 2.45) is 0 Å². The lowest BCUT2D eigenvalue weighted by Crippen LogP contribution is -2.49. The molecule has 0 radical (unpaired) electrons. The molecule has 2 aliphatic heterocycles. The molecule has 2 nitrogen and oxygen atoms in total. The summed E-state index contributed by atoms with van der Waals surface area (Å²) >= 11 is 0. The summed E-state index contributed by atoms with van der Waals surface area (Å²) < 4.78 is 5.97. The van der Waals surface area contributed by atoms with Crippen molar-refractivity contribution in [2.75, 3.05) is 0 Å². The quantitative estimate of drug-likeness (QED) is 0.712. The molecule has 0 aromatic heterocycles. The minimum absolute atomic E-state index is 0.389. The van der Waals surface area contributed by atoms with Gasteiger partial charge in [0, 0.05) is 18.1 Å². The summed E-state index contributed by atoms with van der Waals surface area (Å²) in [5.41, 5.74) is 0. The van der Waals surface area contributed by atoms with Crippen LogP contribution in [0.25, 0.3) is 0 Å². The van der Waals surface area contributed by atoms with Crippen LogP contribution in [-0.2, 0) is 4.74 Å². The SMILES string of the molecule is CC(C)O[C@@H]1C[C@H]2CC[C@@H](C1)N2C(C)C. The molecular formula is C13H25NO. The second-order valence-corrected chi connectivity index (χ2v) is 5.70. The molecule has 15 heavy (non-hydrogen) atoms. The summed E-state index contributed by atoms with van der Waals surface area (Å²) in [5.74, 6) is 0. The highest BCUT2D eigenvalue weighted by molar-refractivity contribution is 4.97. The second kappa shape index (κ2) is 4.42. The van der Waals surface area contributed by atoms with Gasteiger partial charge in [-0.25, -0.2) is 0 Å². The van der Waals surface area contributed by atoms with E-state index >= 15 is 0 Å². The maximum atomic E-state index is 5.97. The Morgan fingerprint density at radius 2 is 1.53 bits per heavy atom. The van der Waals surface area contributed by atoms with Gasteiger partial charge in [-0.2, -0.15) is 0 Å². The van der Waals surface area contributed by atoms with Gasteiger partial charge in [-0.1, -0.05) is 0 Å². The summed E-state index contributed by atoms with van der Waals surface area (Å²) in [4.78, 5) is 2.72. The van der Waals surface area contributed by atoms with Gasteiger partial charge in [0.15, 0.2) is 0 Å². The second-order valence-electron chi connectivity index (χ2n) is 5.70. The molecule has 88 valence electrons. The van der Waals surface area contributed by atoms with Crippen molar-refractivity contribution in [2.45, 2.75) is 83.7 Å². The van der Waals surface area contributed by atoms with Gasteiger partial charge in [0.2, 0.25) is 0 Å². The first-order valence-electron chi connectivity index (χ1n) is 6.50. The molecule has 0 saturated carbocycles. The molecular weight excluding hydrogens is 186 g/mol. The van der Waals surface area contributed by atoms with Crippen LogP contribution in [0.15, 0.2) is 0 Å². The molecule has 2 saturated heterocycles. The zero-order valence-corrected chi connectivity index (χ0v) is 10.6. The minimum atomic E-state index is 0.389. The largest absolute Gasteiger partial charge is 0.375 e. The van der Waals surface area contributed by atoms with E-state index in [0.29, 0.717) is 18.2 Å². The Kier molecular flexibility index (Phi) is 3.36. The zero-order valence-electron chi connectivity index (χ0n) is 10.6. The van der Waals surface area contributed by atoms with E-state index in [0.717, 1.165) is 12.1 Å². The average Bonchev–Trinajstić information content (AvgIpc) is 2.38. The summed E-state index contributed by atoms with van der Waals surface area (Å²) in [6, 6.07) is 2.31. The van der Waals surface area contributed by atoms with Crippen LogP contribution < -0.4 is 0 Å². The Hall–Kier alpha value is -0.0800. The summed E-state index contributed by atoms with van der Waals surface area (Å²) in [7, 11) is 0. The molecule has 0 spiro atoms. The van der Waals surface area contributed by atoms with Crippen LogP contribution >= 0.6 is 0 Å². The van der Waals surface area contributed by atoms with E-state index in [1.54, 1.807) is 0 Å². The van der Waals surface area contributed by atoms with E-state index in [4.69, 9.17) is 4.74 Å². The first-order chi connectivity index (χ1) is 7.08. The van der Waals surface area contributed by atoms with Gasteiger partial charge in [0.05, 0.1) is 12.2 Å². The van der Waals surface area contributed by atoms with Crippen LogP contribution in [0.5, 0.6) is 0 Å². The highest BCUT2D eigenvalue weighted by atomic mass is 16.5. The van der Waals surface area contributed by atoms with Crippen LogP contribution in [0.4, 0.5) is 0 Å². The number of piperidine rings is 1. The van der Waals surface area contributed by atoms with E-state index in [9.17, 15) is 0 Å².